The standard InChI is InChI=1S/C14H17N5O/c1-4-5-6-7-15-10(2)12-8-13(11(3)20)19-14(18-12)16-9-17-19/h4-5,8-9,15,20H,2-3,6-7H2,1H3/b5-4-. The summed E-state index contributed by atoms with van der Waals surface area (Å²) in [7, 11) is 0. The Labute approximate surface area is 117 Å². The van der Waals surface area contributed by atoms with Crippen molar-refractivity contribution < 1.29 is 5.11 Å². The van der Waals surface area contributed by atoms with Gasteiger partial charge in [-0.3, -0.25) is 0 Å². The molecule has 0 amide bonds. The molecule has 0 atom stereocenters. The van der Waals surface area contributed by atoms with Crippen molar-refractivity contribution >= 4 is 17.2 Å². The van der Waals surface area contributed by atoms with Crippen LogP contribution in [0.15, 0.2) is 37.7 Å². The second-order valence-electron chi connectivity index (χ2n) is 4.21. The van der Waals surface area contributed by atoms with Crippen molar-refractivity contribution in [3.63, 3.8) is 0 Å². The van der Waals surface area contributed by atoms with E-state index < -0.39 is 0 Å². The Balaban J connectivity index is 2.25. The van der Waals surface area contributed by atoms with Crippen molar-refractivity contribution in [3.05, 3.63) is 49.1 Å². The average molecular weight is 271 g/mol. The van der Waals surface area contributed by atoms with E-state index in [1.807, 2.05) is 13.0 Å². The summed E-state index contributed by atoms with van der Waals surface area (Å²) in [6.45, 7) is 10.2. The fraction of sp³-hybridized carbons (Fsp3) is 0.214. The van der Waals surface area contributed by atoms with Crippen molar-refractivity contribution in [2.24, 2.45) is 0 Å². The monoisotopic (exact) mass is 271 g/mol. The smallest absolute Gasteiger partial charge is 0.253 e. The molecule has 6 heteroatoms. The van der Waals surface area contributed by atoms with Gasteiger partial charge in [-0.1, -0.05) is 25.3 Å². The molecule has 0 aliphatic carbocycles. The largest absolute Gasteiger partial charge is 0.506 e. The molecule has 0 aliphatic heterocycles. The number of nitrogens with zero attached hydrogens (tertiary/aromatic N) is 4. The zero-order chi connectivity index (χ0) is 14.5. The predicted molar refractivity (Wildman–Crippen MR) is 78.9 cm³/mol. The highest BCUT2D eigenvalue weighted by molar-refractivity contribution is 5.64. The lowest BCUT2D eigenvalue weighted by Gasteiger charge is -2.10. The molecule has 104 valence electrons. The maximum atomic E-state index is 9.62. The van der Waals surface area contributed by atoms with Crippen LogP contribution < -0.4 is 5.32 Å². The molecule has 0 spiro atoms. The Morgan fingerprint density at radius 1 is 1.50 bits per heavy atom. The lowest BCUT2D eigenvalue weighted by Crippen LogP contribution is -2.14. The summed E-state index contributed by atoms with van der Waals surface area (Å²) < 4.78 is 1.43. The normalized spacial score (nSPS) is 11.1. The van der Waals surface area contributed by atoms with Gasteiger partial charge in [0, 0.05) is 6.54 Å². The van der Waals surface area contributed by atoms with Crippen LogP contribution in [0.4, 0.5) is 0 Å². The lowest BCUT2D eigenvalue weighted by molar-refractivity contribution is 0.507. The van der Waals surface area contributed by atoms with Crippen LogP contribution in [0.3, 0.4) is 0 Å². The maximum absolute atomic E-state index is 9.62. The van der Waals surface area contributed by atoms with Crippen LogP contribution in [0.25, 0.3) is 17.2 Å². The van der Waals surface area contributed by atoms with E-state index in [9.17, 15) is 5.11 Å². The van der Waals surface area contributed by atoms with Gasteiger partial charge < -0.3 is 10.4 Å². The van der Waals surface area contributed by atoms with E-state index in [1.165, 1.54) is 10.8 Å². The number of aliphatic hydroxyl groups is 1. The molecule has 2 aromatic rings. The molecule has 0 bridgehead atoms. The van der Waals surface area contributed by atoms with E-state index in [2.05, 4.69) is 39.6 Å². The summed E-state index contributed by atoms with van der Waals surface area (Å²) in [5.41, 5.74) is 1.72. The zero-order valence-electron chi connectivity index (χ0n) is 11.4. The highest BCUT2D eigenvalue weighted by Crippen LogP contribution is 2.15. The first-order chi connectivity index (χ1) is 9.63. The van der Waals surface area contributed by atoms with Crippen LogP contribution in [0.2, 0.25) is 0 Å². The SMILES string of the molecule is C=C(NCC/C=C\C)c1cc(C(=C)O)n2ncnc2n1. The van der Waals surface area contributed by atoms with Crippen molar-refractivity contribution in [3.8, 4) is 0 Å². The first-order valence-corrected chi connectivity index (χ1v) is 6.26. The van der Waals surface area contributed by atoms with Gasteiger partial charge in [0.2, 0.25) is 0 Å². The number of aromatic nitrogens is 4. The molecule has 0 unspecified atom stereocenters. The fourth-order valence-corrected chi connectivity index (χ4v) is 1.74. The Kier molecular flexibility index (Phi) is 4.14. The van der Waals surface area contributed by atoms with E-state index in [0.717, 1.165) is 13.0 Å². The Morgan fingerprint density at radius 2 is 2.30 bits per heavy atom. The Hall–Kier alpha value is -2.63. The van der Waals surface area contributed by atoms with Gasteiger partial charge >= 0.3 is 0 Å². The van der Waals surface area contributed by atoms with Crippen LogP contribution in [-0.4, -0.2) is 31.2 Å². The number of hydrogen-bond donors (Lipinski definition) is 2. The quantitative estimate of drug-likeness (QED) is 0.478. The molecule has 2 rings (SSSR count). The molecule has 2 heterocycles. The van der Waals surface area contributed by atoms with Gasteiger partial charge in [-0.25, -0.2) is 4.98 Å². The van der Waals surface area contributed by atoms with Crippen molar-refractivity contribution in [2.45, 2.75) is 13.3 Å². The first-order valence-electron chi connectivity index (χ1n) is 6.26. The van der Waals surface area contributed by atoms with Gasteiger partial charge in [-0.05, 0) is 19.4 Å². The minimum Gasteiger partial charge on any atom is -0.506 e. The summed E-state index contributed by atoms with van der Waals surface area (Å²) in [5, 5.41) is 16.8. The average Bonchev–Trinajstić information content (AvgIpc) is 2.90. The summed E-state index contributed by atoms with van der Waals surface area (Å²) in [4.78, 5) is 8.36. The van der Waals surface area contributed by atoms with Gasteiger partial charge in [0.05, 0.1) is 11.4 Å². The van der Waals surface area contributed by atoms with Crippen LogP contribution in [0.1, 0.15) is 24.7 Å². The Morgan fingerprint density at radius 3 is 3.00 bits per heavy atom. The van der Waals surface area contributed by atoms with Crippen LogP contribution in [0, 0.1) is 0 Å². The van der Waals surface area contributed by atoms with Crippen LogP contribution in [-0.2, 0) is 0 Å². The predicted octanol–water partition coefficient (Wildman–Crippen LogP) is 2.18. The highest BCUT2D eigenvalue weighted by atomic mass is 16.3. The Bertz CT molecular complexity index is 671. The van der Waals surface area contributed by atoms with Crippen molar-refractivity contribution in [2.75, 3.05) is 6.54 Å². The third-order valence-electron chi connectivity index (χ3n) is 2.74. The number of hydrogen-bond acceptors (Lipinski definition) is 5. The molecule has 2 aromatic heterocycles. The summed E-state index contributed by atoms with van der Waals surface area (Å²) >= 11 is 0. The van der Waals surface area contributed by atoms with Crippen molar-refractivity contribution in [1.29, 1.82) is 0 Å². The van der Waals surface area contributed by atoms with Gasteiger partial charge in [-0.2, -0.15) is 14.6 Å². The number of fused-ring (bicyclic) bond motifs is 1. The zero-order valence-corrected chi connectivity index (χ0v) is 11.4. The van der Waals surface area contributed by atoms with Crippen LogP contribution >= 0.6 is 0 Å². The third kappa shape index (κ3) is 2.85. The van der Waals surface area contributed by atoms with Gasteiger partial charge in [-0.15, -0.1) is 0 Å². The van der Waals surface area contributed by atoms with E-state index in [4.69, 9.17) is 0 Å². The molecule has 2 N–H and O–H groups in total. The molecule has 0 radical (unpaired) electrons. The molecule has 20 heavy (non-hydrogen) atoms. The van der Waals surface area contributed by atoms with Gasteiger partial charge in [0.25, 0.3) is 5.78 Å². The highest BCUT2D eigenvalue weighted by Gasteiger charge is 2.11. The number of aliphatic hydroxyl groups excluding tert-OH is 1. The number of nitrogens with one attached hydrogen (secondary N) is 1. The number of allylic oxidation sites excluding steroid dienone is 1. The molecule has 0 saturated carbocycles. The lowest BCUT2D eigenvalue weighted by atomic mass is 10.2. The number of rotatable bonds is 6. The van der Waals surface area contributed by atoms with Crippen molar-refractivity contribution in [1.82, 2.24) is 24.9 Å². The fourth-order valence-electron chi connectivity index (χ4n) is 1.74. The molecule has 0 fully saturated rings. The molecule has 6 nitrogen and oxygen atoms in total. The maximum Gasteiger partial charge on any atom is 0.253 e. The molecule has 0 aliphatic rings. The molecule has 0 saturated heterocycles. The topological polar surface area (TPSA) is 75.3 Å². The van der Waals surface area contributed by atoms with E-state index in [1.54, 1.807) is 6.07 Å². The summed E-state index contributed by atoms with van der Waals surface area (Å²) in [6, 6.07) is 1.68. The summed E-state index contributed by atoms with van der Waals surface area (Å²) in [5.74, 6) is 0.301. The third-order valence-corrected chi connectivity index (χ3v) is 2.74. The van der Waals surface area contributed by atoms with E-state index in [0.29, 0.717) is 22.9 Å². The van der Waals surface area contributed by atoms with E-state index in [-0.39, 0.29) is 5.76 Å². The second kappa shape index (κ2) is 6.01. The minimum absolute atomic E-state index is 0.0918. The van der Waals surface area contributed by atoms with Crippen LogP contribution in [0.5, 0.6) is 0 Å². The minimum atomic E-state index is -0.0918. The first kappa shape index (κ1) is 13.8. The molecule has 0 aromatic carbocycles. The second-order valence-corrected chi connectivity index (χ2v) is 4.21. The van der Waals surface area contributed by atoms with E-state index >= 15 is 0 Å². The van der Waals surface area contributed by atoms with Gasteiger partial charge in [0.1, 0.15) is 17.8 Å². The molecular weight excluding hydrogens is 254 g/mol. The molecular formula is C14H17N5O. The summed E-state index contributed by atoms with van der Waals surface area (Å²) in [6.07, 6.45) is 6.35. The van der Waals surface area contributed by atoms with Gasteiger partial charge in [0.15, 0.2) is 0 Å².